The van der Waals surface area contributed by atoms with Gasteiger partial charge in [0, 0.05) is 12.0 Å². The van der Waals surface area contributed by atoms with Crippen molar-refractivity contribution in [3.63, 3.8) is 0 Å². The van der Waals surface area contributed by atoms with Crippen molar-refractivity contribution in [2.24, 2.45) is 5.92 Å². The molecule has 2 atom stereocenters. The Morgan fingerprint density at radius 2 is 1.94 bits per heavy atom. The molecule has 1 heterocycles. The highest BCUT2D eigenvalue weighted by Crippen LogP contribution is 2.57. The Hall–Kier alpha value is -1.34. The Balaban J connectivity index is 2.00. The molecule has 17 heavy (non-hydrogen) atoms. The molecule has 0 radical (unpaired) electrons. The second-order valence-corrected chi connectivity index (χ2v) is 5.66. The van der Waals surface area contributed by atoms with E-state index in [9.17, 15) is 0 Å². The van der Waals surface area contributed by atoms with Crippen LogP contribution in [0.3, 0.4) is 0 Å². The molecule has 1 unspecified atom stereocenters. The second kappa shape index (κ2) is 3.11. The molecule has 0 aromatic heterocycles. The van der Waals surface area contributed by atoms with Crippen LogP contribution in [0.1, 0.15) is 17.5 Å². The minimum absolute atomic E-state index is 0.466. The number of hydrogen-bond acceptors (Lipinski definition) is 1. The third kappa shape index (κ3) is 1.18. The first kappa shape index (κ1) is 9.67. The fraction of sp³-hybridized carbons (Fsp3) is 0.375. The molecule has 1 aliphatic carbocycles. The Bertz CT molecular complexity index is 601. The highest BCUT2D eigenvalue weighted by atomic mass is 15.0. The molecule has 1 heteroatoms. The first-order valence-corrected chi connectivity index (χ1v) is 6.51. The van der Waals surface area contributed by atoms with Crippen LogP contribution >= 0.6 is 0 Å². The summed E-state index contributed by atoms with van der Waals surface area (Å²) in [6.07, 6.45) is 1.38. The lowest BCUT2D eigenvalue weighted by Crippen LogP contribution is -2.19. The minimum Gasteiger partial charge on any atom is -0.316 e. The maximum absolute atomic E-state index is 3.54. The van der Waals surface area contributed by atoms with E-state index in [1.165, 1.54) is 35.8 Å². The molecule has 1 saturated carbocycles. The van der Waals surface area contributed by atoms with E-state index in [0.29, 0.717) is 5.41 Å². The Kier molecular flexibility index (Phi) is 1.77. The van der Waals surface area contributed by atoms with Crippen LogP contribution in [0.4, 0.5) is 0 Å². The summed E-state index contributed by atoms with van der Waals surface area (Å²) in [4.78, 5) is 0. The van der Waals surface area contributed by atoms with E-state index < -0.39 is 0 Å². The maximum Gasteiger partial charge on any atom is 0.0128 e. The Labute approximate surface area is 102 Å². The summed E-state index contributed by atoms with van der Waals surface area (Å²) in [7, 11) is 0. The smallest absolute Gasteiger partial charge is 0.0128 e. The molecule has 2 aromatic rings. The van der Waals surface area contributed by atoms with Crippen LogP contribution in [-0.4, -0.2) is 13.1 Å². The second-order valence-electron chi connectivity index (χ2n) is 5.66. The van der Waals surface area contributed by atoms with Crippen molar-refractivity contribution in [1.29, 1.82) is 0 Å². The molecule has 0 bridgehead atoms. The first-order chi connectivity index (χ1) is 8.31. The number of fused-ring (bicyclic) bond motifs is 2. The summed E-state index contributed by atoms with van der Waals surface area (Å²) in [5, 5.41) is 6.44. The highest BCUT2D eigenvalue weighted by molar-refractivity contribution is 5.90. The standard InChI is InChI=1S/C16H17N/c1-11-6-7-15(14-5-3-2-4-13(11)14)16-8-12(16)9-17-10-16/h2-7,12,17H,8-10H2,1H3/t12?,16-/m1/s1. The topological polar surface area (TPSA) is 12.0 Å². The van der Waals surface area contributed by atoms with Crippen molar-refractivity contribution in [1.82, 2.24) is 5.32 Å². The van der Waals surface area contributed by atoms with Gasteiger partial charge in [0.15, 0.2) is 0 Å². The van der Waals surface area contributed by atoms with Gasteiger partial charge in [0.2, 0.25) is 0 Å². The molecule has 2 aliphatic rings. The minimum atomic E-state index is 0.466. The average Bonchev–Trinajstić information content (AvgIpc) is 2.92. The Morgan fingerprint density at radius 3 is 2.65 bits per heavy atom. The van der Waals surface area contributed by atoms with Gasteiger partial charge in [0.25, 0.3) is 0 Å². The van der Waals surface area contributed by atoms with Gasteiger partial charge < -0.3 is 5.32 Å². The molecule has 1 N–H and O–H groups in total. The SMILES string of the molecule is Cc1ccc([C@]23CNCC2C3)c2ccccc12. The zero-order valence-corrected chi connectivity index (χ0v) is 10.2. The van der Waals surface area contributed by atoms with Gasteiger partial charge in [-0.25, -0.2) is 0 Å². The highest BCUT2D eigenvalue weighted by Gasteiger charge is 2.58. The molecule has 0 spiro atoms. The third-order valence-electron chi connectivity index (χ3n) is 4.74. The van der Waals surface area contributed by atoms with Crippen molar-refractivity contribution in [2.45, 2.75) is 18.8 Å². The van der Waals surface area contributed by atoms with Gasteiger partial charge in [-0.1, -0.05) is 36.4 Å². The number of rotatable bonds is 1. The largest absolute Gasteiger partial charge is 0.316 e. The molecule has 1 nitrogen and oxygen atoms in total. The van der Waals surface area contributed by atoms with E-state index in [1.54, 1.807) is 5.56 Å². The van der Waals surface area contributed by atoms with Crippen molar-refractivity contribution in [2.75, 3.05) is 13.1 Å². The van der Waals surface area contributed by atoms with Crippen molar-refractivity contribution >= 4 is 10.8 Å². The zero-order valence-electron chi connectivity index (χ0n) is 10.2. The molecular formula is C16H17N. The molecule has 1 saturated heterocycles. The zero-order chi connectivity index (χ0) is 11.5. The third-order valence-corrected chi connectivity index (χ3v) is 4.74. The van der Waals surface area contributed by atoms with Crippen LogP contribution in [0.2, 0.25) is 0 Å². The van der Waals surface area contributed by atoms with Crippen molar-refractivity contribution in [3.05, 3.63) is 47.5 Å². The predicted octanol–water partition coefficient (Wildman–Crippen LogP) is 3.01. The molecule has 2 aromatic carbocycles. The Morgan fingerprint density at radius 1 is 1.12 bits per heavy atom. The predicted molar refractivity (Wildman–Crippen MR) is 71.3 cm³/mol. The lowest BCUT2D eigenvalue weighted by molar-refractivity contribution is 0.680. The average molecular weight is 223 g/mol. The number of piperidine rings is 1. The summed E-state index contributed by atoms with van der Waals surface area (Å²) in [5.41, 5.74) is 3.44. The molecular weight excluding hydrogens is 206 g/mol. The summed E-state index contributed by atoms with van der Waals surface area (Å²) >= 11 is 0. The lowest BCUT2D eigenvalue weighted by Gasteiger charge is -2.16. The van der Waals surface area contributed by atoms with Gasteiger partial charge in [0.1, 0.15) is 0 Å². The van der Waals surface area contributed by atoms with Gasteiger partial charge in [-0.05, 0) is 47.7 Å². The van der Waals surface area contributed by atoms with Crippen LogP contribution in [-0.2, 0) is 5.41 Å². The summed E-state index contributed by atoms with van der Waals surface area (Å²) in [6, 6.07) is 13.5. The molecule has 86 valence electrons. The summed E-state index contributed by atoms with van der Waals surface area (Å²) in [5.74, 6) is 0.883. The van der Waals surface area contributed by atoms with Gasteiger partial charge >= 0.3 is 0 Å². The normalized spacial score (nSPS) is 30.5. The van der Waals surface area contributed by atoms with Crippen molar-refractivity contribution in [3.8, 4) is 0 Å². The summed E-state index contributed by atoms with van der Waals surface area (Å²) < 4.78 is 0. The van der Waals surface area contributed by atoms with Gasteiger partial charge in [-0.15, -0.1) is 0 Å². The first-order valence-electron chi connectivity index (χ1n) is 6.51. The van der Waals surface area contributed by atoms with Crippen LogP contribution in [0.25, 0.3) is 10.8 Å². The number of aryl methyl sites for hydroxylation is 1. The summed E-state index contributed by atoms with van der Waals surface area (Å²) in [6.45, 7) is 4.59. The molecule has 2 fully saturated rings. The van der Waals surface area contributed by atoms with E-state index >= 15 is 0 Å². The van der Waals surface area contributed by atoms with Crippen LogP contribution in [0.5, 0.6) is 0 Å². The van der Waals surface area contributed by atoms with E-state index in [4.69, 9.17) is 0 Å². The lowest BCUT2D eigenvalue weighted by atomic mass is 9.88. The molecule has 4 rings (SSSR count). The fourth-order valence-corrected chi connectivity index (χ4v) is 3.64. The van der Waals surface area contributed by atoms with E-state index in [1.807, 2.05) is 0 Å². The van der Waals surface area contributed by atoms with Gasteiger partial charge in [-0.2, -0.15) is 0 Å². The quantitative estimate of drug-likeness (QED) is 0.783. The maximum atomic E-state index is 3.54. The van der Waals surface area contributed by atoms with Gasteiger partial charge in [0.05, 0.1) is 0 Å². The van der Waals surface area contributed by atoms with Crippen molar-refractivity contribution < 1.29 is 0 Å². The monoisotopic (exact) mass is 223 g/mol. The molecule has 1 aliphatic heterocycles. The van der Waals surface area contributed by atoms with Crippen LogP contribution in [0.15, 0.2) is 36.4 Å². The van der Waals surface area contributed by atoms with Crippen LogP contribution < -0.4 is 5.32 Å². The van der Waals surface area contributed by atoms with E-state index in [-0.39, 0.29) is 0 Å². The molecule has 0 amide bonds. The number of benzene rings is 2. The van der Waals surface area contributed by atoms with Gasteiger partial charge in [-0.3, -0.25) is 0 Å². The van der Waals surface area contributed by atoms with E-state index in [2.05, 4.69) is 48.6 Å². The number of nitrogens with one attached hydrogen (secondary N) is 1. The fourth-order valence-electron chi connectivity index (χ4n) is 3.64. The number of hydrogen-bond donors (Lipinski definition) is 1. The van der Waals surface area contributed by atoms with E-state index in [0.717, 1.165) is 5.92 Å². The van der Waals surface area contributed by atoms with Crippen LogP contribution in [0, 0.1) is 12.8 Å².